The summed E-state index contributed by atoms with van der Waals surface area (Å²) in [5, 5.41) is 26.3. The van der Waals surface area contributed by atoms with Gasteiger partial charge in [-0.1, -0.05) is 45.1 Å². The highest BCUT2D eigenvalue weighted by molar-refractivity contribution is 6.02. The van der Waals surface area contributed by atoms with E-state index in [1.165, 1.54) is 0 Å². The molecule has 0 fully saturated rings. The minimum atomic E-state index is -0.824. The molecular weight excluding hydrogens is 316 g/mol. The lowest BCUT2D eigenvalue weighted by Gasteiger charge is -2.26. The van der Waals surface area contributed by atoms with E-state index in [1.54, 1.807) is 0 Å². The summed E-state index contributed by atoms with van der Waals surface area (Å²) < 4.78 is 0. The number of fused-ring (bicyclic) bond motifs is 1. The molecule has 1 aliphatic carbocycles. The van der Waals surface area contributed by atoms with Crippen molar-refractivity contribution in [3.05, 3.63) is 47.6 Å². The van der Waals surface area contributed by atoms with Gasteiger partial charge in [0.1, 0.15) is 11.4 Å². The summed E-state index contributed by atoms with van der Waals surface area (Å²) in [6.07, 6.45) is 8.56. The Kier molecular flexibility index (Phi) is 4.41. The van der Waals surface area contributed by atoms with E-state index in [-0.39, 0.29) is 23.5 Å². The molecule has 5 heteroatoms. The van der Waals surface area contributed by atoms with Crippen molar-refractivity contribution in [1.29, 1.82) is 0 Å². The molecule has 132 valence electrons. The number of hydrogen-bond acceptors (Lipinski definition) is 4. The number of aryl methyl sites for hydroxylation is 1. The van der Waals surface area contributed by atoms with Gasteiger partial charge < -0.3 is 10.2 Å². The van der Waals surface area contributed by atoms with Crippen molar-refractivity contribution in [2.45, 2.75) is 39.0 Å². The number of benzene rings is 1. The number of aromatic hydroxyl groups is 1. The Bertz CT molecular complexity index is 785. The van der Waals surface area contributed by atoms with Gasteiger partial charge in [0.05, 0.1) is 12.3 Å². The number of rotatable bonds is 4. The number of nitrogens with zero attached hydrogens (tertiary/aromatic N) is 2. The van der Waals surface area contributed by atoms with Gasteiger partial charge in [0.15, 0.2) is 0 Å². The fraction of sp³-hybridized carbons (Fsp3) is 0.400. The summed E-state index contributed by atoms with van der Waals surface area (Å²) >= 11 is 0. The van der Waals surface area contributed by atoms with Crippen molar-refractivity contribution in [1.82, 2.24) is 0 Å². The molecule has 0 saturated heterocycles. The molecule has 1 heterocycles. The molecule has 0 saturated carbocycles. The van der Waals surface area contributed by atoms with Crippen LogP contribution in [0.5, 0.6) is 5.75 Å². The zero-order valence-electron chi connectivity index (χ0n) is 14.9. The number of allylic oxidation sites excluding steroid dienone is 3. The molecule has 3 rings (SSSR count). The first kappa shape index (κ1) is 17.3. The summed E-state index contributed by atoms with van der Waals surface area (Å²) in [5.74, 6) is -0.373. The number of hydrazone groups is 1. The number of carboxylic acids is 1. The van der Waals surface area contributed by atoms with Gasteiger partial charge in [0, 0.05) is 17.9 Å². The van der Waals surface area contributed by atoms with Crippen molar-refractivity contribution in [3.8, 4) is 5.75 Å². The maximum atomic E-state index is 10.9. The van der Waals surface area contributed by atoms with E-state index in [1.807, 2.05) is 56.1 Å². The van der Waals surface area contributed by atoms with Crippen LogP contribution in [0.2, 0.25) is 0 Å². The van der Waals surface area contributed by atoms with Crippen LogP contribution >= 0.6 is 0 Å². The molecular formula is C20H24N2O3. The lowest BCUT2D eigenvalue weighted by molar-refractivity contribution is -0.136. The van der Waals surface area contributed by atoms with Crippen LogP contribution in [0.15, 0.2) is 41.5 Å². The van der Waals surface area contributed by atoms with Crippen molar-refractivity contribution in [2.75, 3.05) is 11.6 Å². The first-order chi connectivity index (χ1) is 11.8. The van der Waals surface area contributed by atoms with Gasteiger partial charge in [0.25, 0.3) is 0 Å². The summed E-state index contributed by atoms with van der Waals surface area (Å²) in [4.78, 5) is 10.9. The smallest absolute Gasteiger partial charge is 0.303 e. The van der Waals surface area contributed by atoms with Crippen molar-refractivity contribution < 1.29 is 15.0 Å². The monoisotopic (exact) mass is 340 g/mol. The van der Waals surface area contributed by atoms with E-state index in [4.69, 9.17) is 5.11 Å². The SMILES string of the molecule is CC(C)(C)c1cc(CCC(=O)O)cc(N2CC3C=CC=CC3=N2)c1O. The van der Waals surface area contributed by atoms with Gasteiger partial charge >= 0.3 is 5.97 Å². The van der Waals surface area contributed by atoms with E-state index in [0.29, 0.717) is 18.7 Å². The number of aliphatic carboxylic acids is 1. The van der Waals surface area contributed by atoms with E-state index in [0.717, 1.165) is 16.8 Å². The Morgan fingerprint density at radius 3 is 2.72 bits per heavy atom. The number of phenolic OH excluding ortho intramolecular Hbond substituents is 1. The Labute approximate surface area is 148 Å². The largest absolute Gasteiger partial charge is 0.505 e. The molecule has 0 amide bonds. The Morgan fingerprint density at radius 1 is 1.32 bits per heavy atom. The highest BCUT2D eigenvalue weighted by atomic mass is 16.4. The van der Waals surface area contributed by atoms with Gasteiger partial charge in [-0.15, -0.1) is 0 Å². The van der Waals surface area contributed by atoms with Crippen LogP contribution in [-0.2, 0) is 16.6 Å². The van der Waals surface area contributed by atoms with Crippen molar-refractivity contribution in [2.24, 2.45) is 11.0 Å². The molecule has 1 aliphatic heterocycles. The number of carbonyl (C=O) groups is 1. The Balaban J connectivity index is 2.01. The molecule has 1 aromatic carbocycles. The lowest BCUT2D eigenvalue weighted by atomic mass is 9.84. The first-order valence-electron chi connectivity index (χ1n) is 8.55. The molecule has 2 aliphatic rings. The van der Waals surface area contributed by atoms with Crippen molar-refractivity contribution >= 4 is 17.4 Å². The van der Waals surface area contributed by atoms with E-state index in [2.05, 4.69) is 11.2 Å². The van der Waals surface area contributed by atoms with Crippen molar-refractivity contribution in [3.63, 3.8) is 0 Å². The summed E-state index contributed by atoms with van der Waals surface area (Å²) in [6, 6.07) is 3.78. The quantitative estimate of drug-likeness (QED) is 0.878. The summed E-state index contributed by atoms with van der Waals surface area (Å²) in [6.45, 7) is 6.78. The minimum Gasteiger partial charge on any atom is -0.505 e. The van der Waals surface area contributed by atoms with Gasteiger partial charge in [0.2, 0.25) is 0 Å². The molecule has 1 atom stereocenters. The maximum Gasteiger partial charge on any atom is 0.303 e. The summed E-state index contributed by atoms with van der Waals surface area (Å²) in [5.41, 5.74) is 3.09. The van der Waals surface area contributed by atoms with E-state index in [9.17, 15) is 9.90 Å². The van der Waals surface area contributed by atoms with E-state index < -0.39 is 5.97 Å². The average molecular weight is 340 g/mol. The molecule has 0 bridgehead atoms. The highest BCUT2D eigenvalue weighted by Gasteiger charge is 2.29. The molecule has 1 unspecified atom stereocenters. The van der Waals surface area contributed by atoms with Crippen LogP contribution in [0.3, 0.4) is 0 Å². The van der Waals surface area contributed by atoms with Crippen LogP contribution in [-0.4, -0.2) is 28.4 Å². The zero-order chi connectivity index (χ0) is 18.2. The van der Waals surface area contributed by atoms with E-state index >= 15 is 0 Å². The van der Waals surface area contributed by atoms with Crippen LogP contribution in [0.4, 0.5) is 5.69 Å². The molecule has 0 spiro atoms. The summed E-state index contributed by atoms with van der Waals surface area (Å²) in [7, 11) is 0. The topological polar surface area (TPSA) is 73.1 Å². The fourth-order valence-corrected chi connectivity index (χ4v) is 3.20. The molecule has 0 radical (unpaired) electrons. The third kappa shape index (κ3) is 3.60. The van der Waals surface area contributed by atoms with Crippen LogP contribution in [0.25, 0.3) is 0 Å². The standard InChI is InChI=1S/C20H24N2O3/c1-20(2,3)15-10-13(8-9-18(23)24)11-17(19(15)25)22-12-14-6-4-5-7-16(14)21-22/h4-7,10-11,14,25H,8-9,12H2,1-3H3,(H,23,24). The number of carboxylic acid groups (broad SMARTS) is 1. The van der Waals surface area contributed by atoms with Gasteiger partial charge in [-0.05, 0) is 29.5 Å². The first-order valence-corrected chi connectivity index (χ1v) is 8.55. The van der Waals surface area contributed by atoms with Gasteiger partial charge in [-0.2, -0.15) is 5.10 Å². The zero-order valence-corrected chi connectivity index (χ0v) is 14.9. The second kappa shape index (κ2) is 6.39. The van der Waals surface area contributed by atoms with Crippen LogP contribution in [0, 0.1) is 5.92 Å². The Morgan fingerprint density at radius 2 is 2.08 bits per heavy atom. The molecule has 0 aromatic heterocycles. The number of phenols is 1. The lowest BCUT2D eigenvalue weighted by Crippen LogP contribution is -2.20. The molecule has 1 aromatic rings. The predicted molar refractivity (Wildman–Crippen MR) is 99.3 cm³/mol. The number of anilines is 1. The second-order valence-electron chi connectivity index (χ2n) is 7.61. The third-order valence-corrected chi connectivity index (χ3v) is 4.57. The predicted octanol–water partition coefficient (Wildman–Crippen LogP) is 3.63. The normalized spacial score (nSPS) is 19.1. The Hall–Kier alpha value is -2.56. The molecule has 5 nitrogen and oxygen atoms in total. The van der Waals surface area contributed by atoms with Crippen LogP contribution in [0.1, 0.15) is 38.3 Å². The molecule has 25 heavy (non-hydrogen) atoms. The molecule has 2 N–H and O–H groups in total. The van der Waals surface area contributed by atoms with Crippen LogP contribution < -0.4 is 5.01 Å². The number of hydrogen-bond donors (Lipinski definition) is 2. The third-order valence-electron chi connectivity index (χ3n) is 4.57. The highest BCUT2D eigenvalue weighted by Crippen LogP contribution is 2.41. The van der Waals surface area contributed by atoms with Gasteiger partial charge in [-0.25, -0.2) is 0 Å². The maximum absolute atomic E-state index is 10.9. The fourth-order valence-electron chi connectivity index (χ4n) is 3.20. The second-order valence-corrected chi connectivity index (χ2v) is 7.61. The minimum absolute atomic E-state index is 0.0659. The van der Waals surface area contributed by atoms with Gasteiger partial charge in [-0.3, -0.25) is 9.80 Å². The average Bonchev–Trinajstić information content (AvgIpc) is 2.96.